The highest BCUT2D eigenvalue weighted by atomic mass is 32.2. The number of anilines is 1. The lowest BCUT2D eigenvalue weighted by Crippen LogP contribution is -2.17. The molecule has 0 bridgehead atoms. The second-order valence-corrected chi connectivity index (χ2v) is 5.97. The molecule has 0 saturated carbocycles. The summed E-state index contributed by atoms with van der Waals surface area (Å²) in [6.07, 6.45) is 3.46. The third-order valence-corrected chi connectivity index (χ3v) is 4.24. The van der Waals surface area contributed by atoms with Crippen LogP contribution in [0.1, 0.15) is 20.8 Å². The molecule has 3 N–H and O–H groups in total. The lowest BCUT2D eigenvalue weighted by Gasteiger charge is -2.11. The van der Waals surface area contributed by atoms with Crippen LogP contribution < -0.4 is 11.1 Å². The normalized spacial score (nSPS) is 10.4. The van der Waals surface area contributed by atoms with Gasteiger partial charge in [0, 0.05) is 16.9 Å². The molecule has 126 valence electrons. The van der Waals surface area contributed by atoms with Gasteiger partial charge in [0.1, 0.15) is 5.69 Å². The molecule has 6 nitrogen and oxygen atoms in total. The predicted molar refractivity (Wildman–Crippen MR) is 98.3 cm³/mol. The van der Waals surface area contributed by atoms with Crippen molar-refractivity contribution in [2.24, 2.45) is 5.73 Å². The topological polar surface area (TPSA) is 90.0 Å². The first kappa shape index (κ1) is 16.8. The zero-order valence-electron chi connectivity index (χ0n) is 13.5. The van der Waals surface area contributed by atoms with E-state index in [4.69, 9.17) is 5.73 Å². The Morgan fingerprint density at radius 2 is 1.76 bits per heavy atom. The van der Waals surface area contributed by atoms with Gasteiger partial charge in [-0.2, -0.15) is 0 Å². The highest BCUT2D eigenvalue weighted by Crippen LogP contribution is 2.22. The van der Waals surface area contributed by atoms with Crippen molar-refractivity contribution in [3.8, 4) is 5.69 Å². The second-order valence-electron chi connectivity index (χ2n) is 5.20. The van der Waals surface area contributed by atoms with Crippen molar-refractivity contribution in [1.29, 1.82) is 0 Å². The van der Waals surface area contributed by atoms with Crippen LogP contribution in [0, 0.1) is 0 Å². The summed E-state index contributed by atoms with van der Waals surface area (Å²) in [5.41, 5.74) is 7.46. The standard InChI is InChI=1S/C18H16N4O2S/c1-25-18-20-11-15(22(18)14-5-3-2-4-6-14)17(24)21-13-9-7-12(8-10-13)16(19)23/h2-11H,1H3,(H2,19,23)(H,21,24). The average molecular weight is 352 g/mol. The van der Waals surface area contributed by atoms with E-state index in [2.05, 4.69) is 10.3 Å². The van der Waals surface area contributed by atoms with E-state index in [0.717, 1.165) is 10.8 Å². The summed E-state index contributed by atoms with van der Waals surface area (Å²) in [5.74, 6) is -0.798. The molecule has 0 atom stereocenters. The maximum absolute atomic E-state index is 12.7. The second kappa shape index (κ2) is 7.23. The van der Waals surface area contributed by atoms with Gasteiger partial charge in [-0.1, -0.05) is 30.0 Å². The van der Waals surface area contributed by atoms with E-state index in [9.17, 15) is 9.59 Å². The minimum absolute atomic E-state index is 0.288. The van der Waals surface area contributed by atoms with Crippen molar-refractivity contribution >= 4 is 29.3 Å². The Balaban J connectivity index is 1.90. The SMILES string of the molecule is CSc1ncc(C(=O)Nc2ccc(C(N)=O)cc2)n1-c1ccccc1. The van der Waals surface area contributed by atoms with Gasteiger partial charge in [-0.25, -0.2) is 4.98 Å². The summed E-state index contributed by atoms with van der Waals surface area (Å²) < 4.78 is 1.80. The predicted octanol–water partition coefficient (Wildman–Crippen LogP) is 2.95. The van der Waals surface area contributed by atoms with Gasteiger partial charge in [0.2, 0.25) is 5.91 Å². The van der Waals surface area contributed by atoms with Crippen LogP contribution in [0.15, 0.2) is 66.0 Å². The van der Waals surface area contributed by atoms with Crippen LogP contribution in [0.5, 0.6) is 0 Å². The molecule has 0 aliphatic heterocycles. The van der Waals surface area contributed by atoms with E-state index >= 15 is 0 Å². The van der Waals surface area contributed by atoms with Gasteiger partial charge in [-0.3, -0.25) is 14.2 Å². The molecule has 1 aromatic heterocycles. The molecule has 0 fully saturated rings. The number of thioether (sulfide) groups is 1. The number of carbonyl (C=O) groups is 2. The van der Waals surface area contributed by atoms with E-state index in [0.29, 0.717) is 16.9 Å². The third-order valence-electron chi connectivity index (χ3n) is 3.59. The van der Waals surface area contributed by atoms with Gasteiger partial charge in [-0.05, 0) is 42.7 Å². The maximum atomic E-state index is 12.7. The first-order chi connectivity index (χ1) is 12.1. The summed E-state index contributed by atoms with van der Waals surface area (Å²) in [7, 11) is 0. The number of amides is 2. The number of carbonyl (C=O) groups excluding carboxylic acids is 2. The molecule has 0 aliphatic carbocycles. The minimum atomic E-state index is -0.510. The molecular weight excluding hydrogens is 336 g/mol. The van der Waals surface area contributed by atoms with Crippen molar-refractivity contribution in [2.45, 2.75) is 5.16 Å². The van der Waals surface area contributed by atoms with Gasteiger partial charge in [0.25, 0.3) is 5.91 Å². The lowest BCUT2D eigenvalue weighted by atomic mass is 10.2. The third kappa shape index (κ3) is 3.56. The molecule has 0 spiro atoms. The van der Waals surface area contributed by atoms with Crippen LogP contribution in [-0.2, 0) is 0 Å². The number of imidazole rings is 1. The number of nitrogens with one attached hydrogen (secondary N) is 1. The Morgan fingerprint density at radius 3 is 2.36 bits per heavy atom. The fourth-order valence-corrected chi connectivity index (χ4v) is 2.92. The van der Waals surface area contributed by atoms with Gasteiger partial charge >= 0.3 is 0 Å². The molecule has 0 saturated heterocycles. The van der Waals surface area contributed by atoms with Crippen LogP contribution in [0.3, 0.4) is 0 Å². The Bertz CT molecular complexity index is 905. The van der Waals surface area contributed by atoms with Crippen molar-refractivity contribution in [3.63, 3.8) is 0 Å². The molecule has 2 aromatic carbocycles. The monoisotopic (exact) mass is 352 g/mol. The maximum Gasteiger partial charge on any atom is 0.274 e. The van der Waals surface area contributed by atoms with Crippen molar-refractivity contribution < 1.29 is 9.59 Å². The number of benzene rings is 2. The van der Waals surface area contributed by atoms with Gasteiger partial charge < -0.3 is 11.1 Å². The quantitative estimate of drug-likeness (QED) is 0.691. The van der Waals surface area contributed by atoms with Crippen LogP contribution >= 0.6 is 11.8 Å². The lowest BCUT2D eigenvalue weighted by molar-refractivity contribution is 0.0997. The zero-order valence-corrected chi connectivity index (χ0v) is 14.3. The fraction of sp³-hybridized carbons (Fsp3) is 0.0556. The van der Waals surface area contributed by atoms with Crippen molar-refractivity contribution in [1.82, 2.24) is 9.55 Å². The Hall–Kier alpha value is -3.06. The Labute approximate surface area is 149 Å². The first-order valence-electron chi connectivity index (χ1n) is 7.48. The number of primary amides is 1. The largest absolute Gasteiger partial charge is 0.366 e. The zero-order chi connectivity index (χ0) is 17.8. The van der Waals surface area contributed by atoms with Gasteiger partial charge in [-0.15, -0.1) is 0 Å². The summed E-state index contributed by atoms with van der Waals surface area (Å²) in [6, 6.07) is 16.0. The van der Waals surface area contributed by atoms with E-state index < -0.39 is 5.91 Å². The van der Waals surface area contributed by atoms with Crippen LogP contribution in [0.4, 0.5) is 5.69 Å². The molecule has 7 heteroatoms. The minimum Gasteiger partial charge on any atom is -0.366 e. The van der Waals surface area contributed by atoms with E-state index in [1.165, 1.54) is 11.8 Å². The van der Waals surface area contributed by atoms with Crippen molar-refractivity contribution in [3.05, 3.63) is 72.1 Å². The Morgan fingerprint density at radius 1 is 1.08 bits per heavy atom. The van der Waals surface area contributed by atoms with Gasteiger partial charge in [0.05, 0.1) is 6.20 Å². The molecule has 25 heavy (non-hydrogen) atoms. The number of rotatable bonds is 5. The summed E-state index contributed by atoms with van der Waals surface area (Å²) >= 11 is 1.46. The van der Waals surface area contributed by atoms with Crippen LogP contribution in [0.2, 0.25) is 0 Å². The van der Waals surface area contributed by atoms with E-state index in [1.54, 1.807) is 35.0 Å². The number of aromatic nitrogens is 2. The summed E-state index contributed by atoms with van der Waals surface area (Å²) in [6.45, 7) is 0. The van der Waals surface area contributed by atoms with Crippen LogP contribution in [-0.4, -0.2) is 27.6 Å². The smallest absolute Gasteiger partial charge is 0.274 e. The van der Waals surface area contributed by atoms with E-state index in [-0.39, 0.29) is 5.91 Å². The molecule has 0 aliphatic rings. The van der Waals surface area contributed by atoms with Gasteiger partial charge in [0.15, 0.2) is 5.16 Å². The van der Waals surface area contributed by atoms with Crippen LogP contribution in [0.25, 0.3) is 5.69 Å². The molecule has 0 radical (unpaired) electrons. The number of hydrogen-bond acceptors (Lipinski definition) is 4. The van der Waals surface area contributed by atoms with Crippen molar-refractivity contribution in [2.75, 3.05) is 11.6 Å². The molecular formula is C18H16N4O2S. The number of nitrogens with zero attached hydrogens (tertiary/aromatic N) is 2. The Kier molecular flexibility index (Phi) is 4.85. The number of para-hydroxylation sites is 1. The highest BCUT2D eigenvalue weighted by Gasteiger charge is 2.17. The average Bonchev–Trinajstić information content (AvgIpc) is 3.07. The summed E-state index contributed by atoms with van der Waals surface area (Å²) in [5, 5.41) is 3.53. The number of hydrogen-bond donors (Lipinski definition) is 2. The fourth-order valence-electron chi connectivity index (χ4n) is 2.38. The first-order valence-corrected chi connectivity index (χ1v) is 8.71. The molecule has 3 aromatic rings. The number of nitrogens with two attached hydrogens (primary N) is 1. The molecule has 3 rings (SSSR count). The molecule has 2 amide bonds. The highest BCUT2D eigenvalue weighted by molar-refractivity contribution is 7.98. The van der Waals surface area contributed by atoms with E-state index in [1.807, 2.05) is 36.6 Å². The molecule has 0 unspecified atom stereocenters. The summed E-state index contributed by atoms with van der Waals surface area (Å²) in [4.78, 5) is 28.1. The molecule has 1 heterocycles.